The number of ether oxygens (including phenoxy) is 1. The van der Waals surface area contributed by atoms with Gasteiger partial charge < -0.3 is 4.74 Å². The Labute approximate surface area is 228 Å². The van der Waals surface area contributed by atoms with E-state index >= 15 is 0 Å². The molecule has 202 valence electrons. The Morgan fingerprint density at radius 1 is 1.22 bits per heavy atom. The van der Waals surface area contributed by atoms with E-state index in [1.165, 1.54) is 51.2 Å². The number of fused-ring (bicyclic) bond motifs is 1. The lowest BCUT2D eigenvalue weighted by Crippen LogP contribution is -2.40. The van der Waals surface area contributed by atoms with Gasteiger partial charge in [-0.1, -0.05) is 86.0 Å². The summed E-state index contributed by atoms with van der Waals surface area (Å²) in [6, 6.07) is 10.8. The third-order valence-electron chi connectivity index (χ3n) is 9.09. The lowest BCUT2D eigenvalue weighted by Gasteiger charge is -2.42. The highest BCUT2D eigenvalue weighted by atomic mass is 79.9. The van der Waals surface area contributed by atoms with Crippen LogP contribution in [0.1, 0.15) is 97.5 Å². The summed E-state index contributed by atoms with van der Waals surface area (Å²) in [6.07, 6.45) is 12.1. The number of hydrogen-bond acceptors (Lipinski definition) is 4. The van der Waals surface area contributed by atoms with E-state index in [1.54, 1.807) is 5.57 Å². The van der Waals surface area contributed by atoms with Gasteiger partial charge >= 0.3 is 5.97 Å². The van der Waals surface area contributed by atoms with Gasteiger partial charge in [0.05, 0.1) is 7.11 Å². The van der Waals surface area contributed by atoms with Gasteiger partial charge in [0.15, 0.2) is 5.60 Å². The molecule has 0 amide bonds. The number of halogens is 1. The van der Waals surface area contributed by atoms with Crippen molar-refractivity contribution in [1.29, 1.82) is 0 Å². The van der Waals surface area contributed by atoms with Crippen molar-refractivity contribution in [3.8, 4) is 0 Å². The van der Waals surface area contributed by atoms with Crippen LogP contribution in [0.4, 0.5) is 0 Å². The molecule has 36 heavy (non-hydrogen) atoms. The topological polar surface area (TPSA) is 38.8 Å². The van der Waals surface area contributed by atoms with Crippen LogP contribution in [0.15, 0.2) is 40.9 Å². The zero-order valence-corrected chi connectivity index (χ0v) is 24.8. The highest BCUT2D eigenvalue weighted by molar-refractivity contribution is 9.11. The molecule has 1 aromatic rings. The predicted octanol–water partition coefficient (Wildman–Crippen LogP) is 8.25. The van der Waals surface area contributed by atoms with Crippen molar-refractivity contribution in [3.05, 3.63) is 46.5 Å². The van der Waals surface area contributed by atoms with Crippen LogP contribution in [0.2, 0.25) is 0 Å². The second-order valence-corrected chi connectivity index (χ2v) is 11.5. The highest BCUT2D eigenvalue weighted by Gasteiger charge is 2.53. The van der Waals surface area contributed by atoms with Crippen LogP contribution in [0.5, 0.6) is 0 Å². The SMILES string of the molecule is CC.CCCC1(C(=O)OC)CC(CCC2CCC3/C(=C/Br)CCCC23C)N(CCc2ccccc2)O1. The predicted molar refractivity (Wildman–Crippen MR) is 152 cm³/mol. The van der Waals surface area contributed by atoms with E-state index in [2.05, 4.69) is 70.2 Å². The number of hydrogen-bond donors (Lipinski definition) is 0. The van der Waals surface area contributed by atoms with Crippen LogP contribution < -0.4 is 0 Å². The van der Waals surface area contributed by atoms with E-state index < -0.39 is 5.60 Å². The molecule has 4 rings (SSSR count). The van der Waals surface area contributed by atoms with Gasteiger partial charge in [0.1, 0.15) is 0 Å². The fourth-order valence-corrected chi connectivity index (χ4v) is 7.83. The number of methoxy groups -OCH3 is 1. The summed E-state index contributed by atoms with van der Waals surface area (Å²) >= 11 is 3.65. The van der Waals surface area contributed by atoms with Crippen LogP contribution in [0, 0.1) is 17.3 Å². The van der Waals surface area contributed by atoms with Gasteiger partial charge in [-0.25, -0.2) is 4.79 Å². The smallest absolute Gasteiger partial charge is 0.340 e. The first-order chi connectivity index (χ1) is 17.5. The van der Waals surface area contributed by atoms with Crippen molar-refractivity contribution in [2.24, 2.45) is 17.3 Å². The molecule has 0 spiro atoms. The third kappa shape index (κ3) is 6.27. The van der Waals surface area contributed by atoms with Gasteiger partial charge in [-0.15, -0.1) is 0 Å². The highest BCUT2D eigenvalue weighted by Crippen LogP contribution is 2.59. The lowest BCUT2D eigenvalue weighted by molar-refractivity contribution is -0.221. The molecular weight excluding hydrogens is 514 g/mol. The van der Waals surface area contributed by atoms with E-state index in [0.29, 0.717) is 11.8 Å². The summed E-state index contributed by atoms with van der Waals surface area (Å²) in [5, 5.41) is 2.14. The number of rotatable bonds is 9. The first kappa shape index (κ1) is 29.4. The van der Waals surface area contributed by atoms with Crippen molar-refractivity contribution < 1.29 is 14.4 Å². The van der Waals surface area contributed by atoms with E-state index in [-0.39, 0.29) is 12.0 Å². The Morgan fingerprint density at radius 2 is 1.97 bits per heavy atom. The van der Waals surface area contributed by atoms with Crippen molar-refractivity contribution >= 4 is 21.9 Å². The normalized spacial score (nSPS) is 33.2. The van der Waals surface area contributed by atoms with Gasteiger partial charge in [0, 0.05) is 19.0 Å². The summed E-state index contributed by atoms with van der Waals surface area (Å²) in [7, 11) is 1.49. The Kier molecular flexibility index (Phi) is 11.1. The number of nitrogens with zero attached hydrogens (tertiary/aromatic N) is 1. The van der Waals surface area contributed by atoms with Gasteiger partial charge in [0.2, 0.25) is 0 Å². The molecule has 2 aliphatic carbocycles. The van der Waals surface area contributed by atoms with Crippen LogP contribution in [0.25, 0.3) is 0 Å². The van der Waals surface area contributed by atoms with Crippen LogP contribution >= 0.6 is 15.9 Å². The van der Waals surface area contributed by atoms with Gasteiger partial charge in [-0.3, -0.25) is 4.84 Å². The maximum Gasteiger partial charge on any atom is 0.340 e. The first-order valence-corrected chi connectivity index (χ1v) is 15.2. The van der Waals surface area contributed by atoms with Gasteiger partial charge in [-0.05, 0) is 85.6 Å². The fraction of sp³-hybridized carbons (Fsp3) is 0.710. The fourth-order valence-electron chi connectivity index (χ4n) is 7.28. The maximum atomic E-state index is 12.9. The van der Waals surface area contributed by atoms with Crippen molar-refractivity contribution in [2.45, 2.75) is 110 Å². The van der Waals surface area contributed by atoms with E-state index in [1.807, 2.05) is 13.8 Å². The largest absolute Gasteiger partial charge is 0.467 e. The molecule has 3 fully saturated rings. The molecule has 1 aliphatic heterocycles. The number of esters is 1. The third-order valence-corrected chi connectivity index (χ3v) is 9.68. The van der Waals surface area contributed by atoms with Gasteiger partial charge in [0.25, 0.3) is 0 Å². The van der Waals surface area contributed by atoms with Crippen LogP contribution in [-0.2, 0) is 20.8 Å². The summed E-state index contributed by atoms with van der Waals surface area (Å²) < 4.78 is 5.24. The van der Waals surface area contributed by atoms with Crippen LogP contribution in [-0.4, -0.2) is 36.3 Å². The second-order valence-electron chi connectivity index (χ2n) is 11.0. The number of carbonyl (C=O) groups is 1. The number of benzene rings is 1. The molecule has 0 radical (unpaired) electrons. The monoisotopic (exact) mass is 561 g/mol. The molecule has 5 unspecified atom stereocenters. The summed E-state index contributed by atoms with van der Waals surface area (Å²) in [4.78, 5) is 21.6. The summed E-state index contributed by atoms with van der Waals surface area (Å²) in [5.74, 6) is 1.26. The quantitative estimate of drug-likeness (QED) is 0.284. The van der Waals surface area contributed by atoms with Crippen molar-refractivity contribution in [1.82, 2.24) is 5.06 Å². The minimum Gasteiger partial charge on any atom is -0.467 e. The molecule has 1 saturated heterocycles. The van der Waals surface area contributed by atoms with Crippen molar-refractivity contribution in [3.63, 3.8) is 0 Å². The average molecular weight is 563 g/mol. The van der Waals surface area contributed by atoms with E-state index in [4.69, 9.17) is 9.57 Å². The summed E-state index contributed by atoms with van der Waals surface area (Å²) in [6.45, 7) is 9.46. The number of allylic oxidation sites excluding steroid dienone is 1. The Hall–Kier alpha value is -1.17. The van der Waals surface area contributed by atoms with Crippen molar-refractivity contribution in [2.75, 3.05) is 13.7 Å². The van der Waals surface area contributed by atoms with Gasteiger partial charge in [-0.2, -0.15) is 5.06 Å². The molecule has 0 bridgehead atoms. The van der Waals surface area contributed by atoms with Crippen LogP contribution in [0.3, 0.4) is 0 Å². The second kappa shape index (κ2) is 13.6. The Morgan fingerprint density at radius 3 is 2.64 bits per heavy atom. The molecule has 5 heteroatoms. The molecule has 2 saturated carbocycles. The molecule has 1 heterocycles. The molecule has 0 N–H and O–H groups in total. The Balaban J connectivity index is 0.00000176. The number of carbonyl (C=O) groups excluding carboxylic acids is 1. The lowest BCUT2D eigenvalue weighted by atomic mass is 9.63. The standard InChI is InChI=1S/C29H42BrNO3.C2H6/c1-4-17-29(27(32)33-3)20-25(31(34-29)19-16-22-9-6-5-7-10-22)14-12-24-13-15-26-23(21-30)11-8-18-28(24,26)2;1-2/h5-7,9-10,21,24-26H,4,8,11-20H2,1-3H3;1-2H3/b23-21+;. The van der Waals surface area contributed by atoms with E-state index in [9.17, 15) is 4.79 Å². The first-order valence-electron chi connectivity index (χ1n) is 14.3. The molecule has 3 aliphatic rings. The Bertz CT molecular complexity index is 859. The molecule has 0 aromatic heterocycles. The molecule has 1 aromatic carbocycles. The molecule has 5 atom stereocenters. The zero-order valence-electron chi connectivity index (χ0n) is 23.2. The molecular formula is C31H48BrNO3. The minimum absolute atomic E-state index is 0.214. The summed E-state index contributed by atoms with van der Waals surface area (Å²) in [5.41, 5.74) is 2.51. The maximum absolute atomic E-state index is 12.9. The molecule has 4 nitrogen and oxygen atoms in total. The number of hydroxylamine groups is 2. The zero-order chi connectivity index (χ0) is 26.2. The average Bonchev–Trinajstić information content (AvgIpc) is 3.45. The van der Waals surface area contributed by atoms with E-state index in [0.717, 1.165) is 44.1 Å². The minimum atomic E-state index is -0.830.